The van der Waals surface area contributed by atoms with Crippen LogP contribution in [0.25, 0.3) is 0 Å². The molecule has 3 fully saturated rings. The summed E-state index contributed by atoms with van der Waals surface area (Å²) >= 11 is 0. The van der Waals surface area contributed by atoms with E-state index in [0.29, 0.717) is 17.9 Å². The van der Waals surface area contributed by atoms with E-state index in [4.69, 9.17) is 27.8 Å². The van der Waals surface area contributed by atoms with Gasteiger partial charge in [0.25, 0.3) is 0 Å². The molecule has 1 spiro atoms. The van der Waals surface area contributed by atoms with Gasteiger partial charge in [-0.2, -0.15) is 0 Å². The summed E-state index contributed by atoms with van der Waals surface area (Å²) in [6.45, 7) is 23.8. The Kier molecular flexibility index (Phi) is 11.6. The summed E-state index contributed by atoms with van der Waals surface area (Å²) in [5.41, 5.74) is -2.76. The highest BCUT2D eigenvalue weighted by Gasteiger charge is 2.90. The molecule has 4 aliphatic rings. The number of methoxy groups -OCH3 is 2. The van der Waals surface area contributed by atoms with E-state index in [0.717, 1.165) is 18.1 Å². The van der Waals surface area contributed by atoms with Gasteiger partial charge in [-0.3, -0.25) is 13.8 Å². The van der Waals surface area contributed by atoms with Gasteiger partial charge in [-0.25, -0.2) is 0 Å². The molecule has 1 aliphatic carbocycles. The first-order valence-electron chi connectivity index (χ1n) is 19.2. The smallest absolute Gasteiger partial charge is 0.322 e. The van der Waals surface area contributed by atoms with Crippen LogP contribution in [-0.2, 0) is 48.2 Å². The fraction of sp³-hybridized carbons (Fsp3) is 0.750. The van der Waals surface area contributed by atoms with Crippen molar-refractivity contribution in [2.24, 2.45) is 29.1 Å². The number of benzene rings is 1. The third-order valence-corrected chi connectivity index (χ3v) is 25.3. The minimum Gasteiger partial charge on any atom is -0.468 e. The van der Waals surface area contributed by atoms with Crippen LogP contribution in [-0.4, -0.2) is 88.4 Å². The fourth-order valence-electron chi connectivity index (χ4n) is 9.80. The van der Waals surface area contributed by atoms with E-state index >= 15 is 4.21 Å². The summed E-state index contributed by atoms with van der Waals surface area (Å²) in [6, 6.07) is 12.2. The second kappa shape index (κ2) is 14.5. The number of carbonyl (C=O) groups is 2. The number of fused-ring (bicyclic) bond motifs is 1. The van der Waals surface area contributed by atoms with Crippen molar-refractivity contribution < 1.29 is 41.6 Å². The largest absolute Gasteiger partial charge is 0.468 e. The Labute approximate surface area is 317 Å². The highest BCUT2D eigenvalue weighted by Crippen LogP contribution is 2.74. The van der Waals surface area contributed by atoms with Crippen LogP contribution in [0.5, 0.6) is 0 Å². The molecule has 3 heterocycles. The first kappa shape index (κ1) is 41.6. The molecule has 5 rings (SSSR count). The van der Waals surface area contributed by atoms with Crippen molar-refractivity contribution in [1.82, 2.24) is 0 Å². The molecular formula is C40H64O9SSi2. The van der Waals surface area contributed by atoms with Gasteiger partial charge in [0.1, 0.15) is 10.5 Å². The molecule has 1 aromatic carbocycles. The molecule has 10 atom stereocenters. The summed E-state index contributed by atoms with van der Waals surface area (Å²) in [4.78, 5) is 29.9. The molecule has 0 aromatic heterocycles. The third-order valence-electron chi connectivity index (χ3n) is 14.0. The van der Waals surface area contributed by atoms with Crippen molar-refractivity contribution >= 4 is 39.2 Å². The molecule has 0 saturated carbocycles. The number of esters is 1. The normalized spacial score (nSPS) is 35.2. The predicted molar refractivity (Wildman–Crippen MR) is 208 cm³/mol. The summed E-state index contributed by atoms with van der Waals surface area (Å²) in [7, 11) is -3.19. The van der Waals surface area contributed by atoms with E-state index in [9.17, 15) is 9.59 Å². The Balaban J connectivity index is 1.78. The zero-order chi connectivity index (χ0) is 38.7. The van der Waals surface area contributed by atoms with Gasteiger partial charge < -0.3 is 27.8 Å². The number of hydrogen-bond acceptors (Lipinski definition) is 9. The molecule has 3 saturated heterocycles. The predicted octanol–water partition coefficient (Wildman–Crippen LogP) is 7.68. The molecule has 9 nitrogen and oxygen atoms in total. The lowest BCUT2D eigenvalue weighted by atomic mass is 9.50. The van der Waals surface area contributed by atoms with Gasteiger partial charge in [0.05, 0.1) is 42.3 Å². The fourth-order valence-corrected chi connectivity index (χ4v) is 16.0. The van der Waals surface area contributed by atoms with Gasteiger partial charge in [-0.15, -0.1) is 0 Å². The molecule has 0 radical (unpaired) electrons. The van der Waals surface area contributed by atoms with Crippen LogP contribution in [0.2, 0.25) is 36.3 Å². The molecule has 12 heteroatoms. The quantitative estimate of drug-likeness (QED) is 0.0768. The monoisotopic (exact) mass is 776 g/mol. The minimum atomic E-state index is -2.28. The highest BCUT2D eigenvalue weighted by atomic mass is 32.2. The van der Waals surface area contributed by atoms with Crippen LogP contribution in [0.4, 0.5) is 0 Å². The summed E-state index contributed by atoms with van der Waals surface area (Å²) in [5.74, 6) is -4.85. The molecule has 1 aromatic rings. The number of ether oxygens (including phenoxy) is 4. The van der Waals surface area contributed by atoms with Crippen LogP contribution >= 0.6 is 0 Å². The summed E-state index contributed by atoms with van der Waals surface area (Å²) in [5, 5.41) is 0.00781. The topological polar surface area (TPSA) is 107 Å². The average molecular weight is 777 g/mol. The van der Waals surface area contributed by atoms with Crippen LogP contribution in [0.3, 0.4) is 0 Å². The van der Waals surface area contributed by atoms with E-state index in [1.807, 2.05) is 44.2 Å². The van der Waals surface area contributed by atoms with Crippen LogP contribution in [0, 0.1) is 29.1 Å². The maximum atomic E-state index is 15.4. The van der Waals surface area contributed by atoms with E-state index < -0.39 is 84.9 Å². The lowest BCUT2D eigenvalue weighted by Crippen LogP contribution is -2.73. The molecule has 2 bridgehead atoms. The van der Waals surface area contributed by atoms with E-state index in [1.54, 1.807) is 7.11 Å². The van der Waals surface area contributed by atoms with Gasteiger partial charge in [0.15, 0.2) is 27.8 Å². The number of hydrogen-bond donors (Lipinski definition) is 0. The minimum absolute atomic E-state index is 0.00781. The maximum Gasteiger partial charge on any atom is 0.322 e. The SMILES string of the molecule is CC[Si](CC)(CC)O[C@@H]1[C@H]([C@@H]2[C@@](C(C)=O)(C(=O)OC)[C@H]3O[C@@]24OCC[C@@]4(S(=O)c2ccccc2)[C@@H]3C(C)(C)OC)C=C[C@@H]1CO[Si](C)(C)C(C)(C)C. The van der Waals surface area contributed by atoms with Crippen molar-refractivity contribution in [3.05, 3.63) is 42.5 Å². The van der Waals surface area contributed by atoms with Gasteiger partial charge in [0.2, 0.25) is 0 Å². The van der Waals surface area contributed by atoms with Gasteiger partial charge >= 0.3 is 5.97 Å². The van der Waals surface area contributed by atoms with Crippen LogP contribution in [0.1, 0.15) is 68.7 Å². The first-order valence-corrected chi connectivity index (χ1v) is 25.8. The Bertz CT molecular complexity index is 1530. The van der Waals surface area contributed by atoms with E-state index in [1.165, 1.54) is 14.0 Å². The molecule has 292 valence electrons. The molecule has 3 aliphatic heterocycles. The molecule has 1 unspecified atom stereocenters. The third kappa shape index (κ3) is 5.96. The number of carbonyl (C=O) groups excluding carboxylic acids is 2. The Hall–Kier alpha value is -1.52. The standard InChI is InChI=1S/C40H64O9SSi2/c1-14-52(15-2,16-3)49-31-28(26-47-51(12,13)36(5,6)7)22-23-30(31)32-39(27(4)41,35(42)44-10)34-33(37(8,9)45-11)38(24-25-46-40(32,38)48-34)50(43)29-20-18-17-19-21-29/h17-23,28,30-34H,14-16,24-26H2,1-13H3/t28-,30-,31+,32-,33+,34+,38-,39-,40+,50?/m1/s1. The van der Waals surface area contributed by atoms with Gasteiger partial charge in [0, 0.05) is 42.3 Å². The van der Waals surface area contributed by atoms with Crippen molar-refractivity contribution in [1.29, 1.82) is 0 Å². The average Bonchev–Trinajstić information content (AvgIpc) is 3.84. The molecule has 52 heavy (non-hydrogen) atoms. The Morgan fingerprint density at radius 3 is 2.12 bits per heavy atom. The van der Waals surface area contributed by atoms with Crippen molar-refractivity contribution in [3.8, 4) is 0 Å². The van der Waals surface area contributed by atoms with Crippen molar-refractivity contribution in [2.75, 3.05) is 27.4 Å². The van der Waals surface area contributed by atoms with Crippen LogP contribution < -0.4 is 0 Å². The zero-order valence-electron chi connectivity index (χ0n) is 33.8. The molecule has 0 amide bonds. The maximum absolute atomic E-state index is 15.4. The number of Topliss-reactive ketones (excluding diaryl/α,β-unsaturated/α-hetero) is 1. The van der Waals surface area contributed by atoms with E-state index in [2.05, 4.69) is 66.8 Å². The Morgan fingerprint density at radius 1 is 0.981 bits per heavy atom. The van der Waals surface area contributed by atoms with E-state index in [-0.39, 0.29) is 23.3 Å². The second-order valence-corrected chi connectivity index (χ2v) is 28.7. The molecule has 0 N–H and O–H groups in total. The molecular weight excluding hydrogens is 713 g/mol. The Morgan fingerprint density at radius 2 is 1.60 bits per heavy atom. The zero-order valence-corrected chi connectivity index (χ0v) is 36.6. The summed E-state index contributed by atoms with van der Waals surface area (Å²) in [6.07, 6.45) is 3.21. The summed E-state index contributed by atoms with van der Waals surface area (Å²) < 4.78 is 54.6. The van der Waals surface area contributed by atoms with Gasteiger partial charge in [-0.1, -0.05) is 71.9 Å². The van der Waals surface area contributed by atoms with Gasteiger partial charge in [-0.05, 0) is 75.6 Å². The number of ketones is 1. The second-order valence-electron chi connectivity index (χ2n) is 17.5. The van der Waals surface area contributed by atoms with Crippen molar-refractivity contribution in [3.63, 3.8) is 0 Å². The number of rotatable bonds is 15. The highest BCUT2D eigenvalue weighted by molar-refractivity contribution is 7.86. The first-order chi connectivity index (χ1) is 24.3. The lowest BCUT2D eigenvalue weighted by molar-refractivity contribution is -0.215. The van der Waals surface area contributed by atoms with Crippen molar-refractivity contribution in [2.45, 2.75) is 138 Å². The lowest BCUT2D eigenvalue weighted by Gasteiger charge is -2.56. The van der Waals surface area contributed by atoms with Crippen LogP contribution in [0.15, 0.2) is 47.4 Å².